The average Bonchev–Trinajstić information content (AvgIpc) is 2.95. The van der Waals surface area contributed by atoms with Crippen LogP contribution in [-0.4, -0.2) is 19.8 Å². The molecule has 0 fully saturated rings. The molecule has 0 aliphatic heterocycles. The summed E-state index contributed by atoms with van der Waals surface area (Å²) in [4.78, 5) is 23.4. The SMILES string of the molecule is Cc1[nH]n(-c2ccccc2)c(=O)c1N=Nc1cc(CC(C)(C)C)cc([N+](=O)[O-])c1O. The zero-order valence-corrected chi connectivity index (χ0v) is 17.2. The van der Waals surface area contributed by atoms with Gasteiger partial charge in [0.2, 0.25) is 5.75 Å². The van der Waals surface area contributed by atoms with Crippen LogP contribution >= 0.6 is 0 Å². The molecular weight excluding hydrogens is 386 g/mol. The second-order valence-corrected chi connectivity index (χ2v) is 8.24. The minimum Gasteiger partial charge on any atom is -0.501 e. The summed E-state index contributed by atoms with van der Waals surface area (Å²) in [5.74, 6) is -0.585. The Morgan fingerprint density at radius 3 is 2.43 bits per heavy atom. The minimum atomic E-state index is -0.662. The van der Waals surface area contributed by atoms with E-state index >= 15 is 0 Å². The molecule has 9 heteroatoms. The monoisotopic (exact) mass is 409 g/mol. The molecule has 0 saturated carbocycles. The second-order valence-electron chi connectivity index (χ2n) is 8.24. The Kier molecular flexibility index (Phi) is 5.55. The highest BCUT2D eigenvalue weighted by Crippen LogP contribution is 2.39. The molecule has 0 aliphatic rings. The molecule has 9 nitrogen and oxygen atoms in total. The molecule has 3 aromatic rings. The molecule has 0 atom stereocenters. The highest BCUT2D eigenvalue weighted by Gasteiger charge is 2.22. The van der Waals surface area contributed by atoms with Gasteiger partial charge in [0, 0.05) is 6.07 Å². The summed E-state index contributed by atoms with van der Waals surface area (Å²) in [5, 5.41) is 32.6. The maximum absolute atomic E-state index is 12.7. The van der Waals surface area contributed by atoms with Gasteiger partial charge in [-0.05, 0) is 42.5 Å². The lowest BCUT2D eigenvalue weighted by molar-refractivity contribution is -0.385. The molecule has 2 N–H and O–H groups in total. The van der Waals surface area contributed by atoms with E-state index in [0.29, 0.717) is 23.4 Å². The van der Waals surface area contributed by atoms with Gasteiger partial charge in [0.05, 0.1) is 16.3 Å². The predicted molar refractivity (Wildman–Crippen MR) is 113 cm³/mol. The number of aromatic amines is 1. The van der Waals surface area contributed by atoms with Crippen molar-refractivity contribution >= 4 is 17.1 Å². The number of aromatic nitrogens is 2. The lowest BCUT2D eigenvalue weighted by atomic mass is 9.88. The van der Waals surface area contributed by atoms with Gasteiger partial charge in [-0.1, -0.05) is 39.0 Å². The number of H-pyrrole nitrogens is 1. The van der Waals surface area contributed by atoms with Crippen molar-refractivity contribution in [3.8, 4) is 11.4 Å². The molecule has 0 aliphatic carbocycles. The van der Waals surface area contributed by atoms with Crippen molar-refractivity contribution in [1.29, 1.82) is 0 Å². The van der Waals surface area contributed by atoms with Gasteiger partial charge in [0.15, 0.2) is 5.69 Å². The van der Waals surface area contributed by atoms with Crippen molar-refractivity contribution in [2.45, 2.75) is 34.1 Å². The van der Waals surface area contributed by atoms with E-state index in [-0.39, 0.29) is 16.8 Å². The Labute approximate surface area is 172 Å². The third-order valence-corrected chi connectivity index (χ3v) is 4.37. The van der Waals surface area contributed by atoms with Crippen molar-refractivity contribution in [1.82, 2.24) is 9.78 Å². The molecule has 1 aromatic heterocycles. The van der Waals surface area contributed by atoms with E-state index < -0.39 is 21.9 Å². The topological polar surface area (TPSA) is 126 Å². The Hall–Kier alpha value is -3.75. The third-order valence-electron chi connectivity index (χ3n) is 4.37. The maximum atomic E-state index is 12.7. The fourth-order valence-corrected chi connectivity index (χ4v) is 3.11. The number of benzene rings is 2. The van der Waals surface area contributed by atoms with Crippen molar-refractivity contribution in [2.24, 2.45) is 15.6 Å². The number of hydrogen-bond donors (Lipinski definition) is 2. The Morgan fingerprint density at radius 2 is 1.83 bits per heavy atom. The van der Waals surface area contributed by atoms with Crippen LogP contribution in [0.5, 0.6) is 5.75 Å². The van der Waals surface area contributed by atoms with E-state index in [1.807, 2.05) is 26.8 Å². The molecule has 3 rings (SSSR count). The van der Waals surface area contributed by atoms with E-state index in [4.69, 9.17) is 0 Å². The van der Waals surface area contributed by atoms with Crippen molar-refractivity contribution in [3.05, 3.63) is 74.2 Å². The molecule has 2 aromatic carbocycles. The van der Waals surface area contributed by atoms with Crippen LogP contribution in [0.15, 0.2) is 57.5 Å². The lowest BCUT2D eigenvalue weighted by Gasteiger charge is -2.18. The largest absolute Gasteiger partial charge is 0.501 e. The van der Waals surface area contributed by atoms with E-state index in [9.17, 15) is 20.0 Å². The number of rotatable bonds is 5. The van der Waals surface area contributed by atoms with Gasteiger partial charge < -0.3 is 5.11 Å². The number of azo groups is 1. The summed E-state index contributed by atoms with van der Waals surface area (Å²) in [6.45, 7) is 7.68. The summed E-state index contributed by atoms with van der Waals surface area (Å²) in [5.41, 5.74) is 0.774. The summed E-state index contributed by atoms with van der Waals surface area (Å²) in [6.07, 6.45) is 0.542. The molecule has 0 amide bonds. The summed E-state index contributed by atoms with van der Waals surface area (Å²) in [6, 6.07) is 11.9. The number of para-hydroxylation sites is 1. The Morgan fingerprint density at radius 1 is 1.17 bits per heavy atom. The number of aromatic hydroxyl groups is 1. The van der Waals surface area contributed by atoms with Gasteiger partial charge in [-0.15, -0.1) is 10.2 Å². The number of nitro groups is 1. The fourth-order valence-electron chi connectivity index (χ4n) is 3.11. The van der Waals surface area contributed by atoms with Gasteiger partial charge in [0.25, 0.3) is 5.56 Å². The molecular formula is C21H23N5O4. The first-order chi connectivity index (χ1) is 14.1. The summed E-state index contributed by atoms with van der Waals surface area (Å²) >= 11 is 0. The van der Waals surface area contributed by atoms with Crippen LogP contribution in [0.4, 0.5) is 17.1 Å². The first-order valence-electron chi connectivity index (χ1n) is 9.36. The lowest BCUT2D eigenvalue weighted by Crippen LogP contribution is -2.13. The van der Waals surface area contributed by atoms with Crippen LogP contribution in [-0.2, 0) is 6.42 Å². The molecule has 0 saturated heterocycles. The van der Waals surface area contributed by atoms with Crippen LogP contribution in [0.3, 0.4) is 0 Å². The summed E-state index contributed by atoms with van der Waals surface area (Å²) < 4.78 is 1.34. The van der Waals surface area contributed by atoms with Gasteiger partial charge in [-0.25, -0.2) is 4.68 Å². The fraction of sp³-hybridized carbons (Fsp3) is 0.286. The quantitative estimate of drug-likeness (QED) is 0.346. The smallest absolute Gasteiger partial charge is 0.313 e. The highest BCUT2D eigenvalue weighted by atomic mass is 16.6. The molecule has 0 unspecified atom stereocenters. The predicted octanol–water partition coefficient (Wildman–Crippen LogP) is 5.09. The van der Waals surface area contributed by atoms with Crippen LogP contribution in [0, 0.1) is 22.5 Å². The zero-order chi connectivity index (χ0) is 22.1. The number of phenols is 1. The Balaban J connectivity index is 2.05. The highest BCUT2D eigenvalue weighted by molar-refractivity contribution is 5.64. The molecule has 0 radical (unpaired) electrons. The second kappa shape index (κ2) is 7.94. The number of aryl methyl sites for hydroxylation is 1. The van der Waals surface area contributed by atoms with E-state index in [0.717, 1.165) is 0 Å². The first-order valence-corrected chi connectivity index (χ1v) is 9.36. The number of hydrogen-bond acceptors (Lipinski definition) is 6. The maximum Gasteiger partial charge on any atom is 0.313 e. The van der Waals surface area contributed by atoms with Crippen LogP contribution in [0.2, 0.25) is 0 Å². The van der Waals surface area contributed by atoms with Gasteiger partial charge >= 0.3 is 5.69 Å². The Bertz CT molecular complexity index is 1170. The van der Waals surface area contributed by atoms with Crippen LogP contribution in [0.1, 0.15) is 32.0 Å². The van der Waals surface area contributed by atoms with Gasteiger partial charge in [-0.2, -0.15) is 0 Å². The number of nitrogens with one attached hydrogen (secondary N) is 1. The first kappa shape index (κ1) is 21.0. The van der Waals surface area contributed by atoms with E-state index in [2.05, 4.69) is 15.3 Å². The standard InChI is InChI=1S/C21H23N5O4/c1-13-18(20(28)25(24-13)15-8-6-5-7-9-15)23-22-16-10-14(12-21(2,3)4)11-17(19(16)27)26(29)30/h5-11,24,27H,12H2,1-4H3. The van der Waals surface area contributed by atoms with Gasteiger partial charge in [-0.3, -0.25) is 20.0 Å². The molecule has 30 heavy (non-hydrogen) atoms. The van der Waals surface area contributed by atoms with Crippen LogP contribution in [0.25, 0.3) is 5.69 Å². The average molecular weight is 409 g/mol. The molecule has 0 spiro atoms. The summed E-state index contributed by atoms with van der Waals surface area (Å²) in [7, 11) is 0. The minimum absolute atomic E-state index is 0.0575. The molecule has 1 heterocycles. The van der Waals surface area contributed by atoms with Crippen molar-refractivity contribution in [2.75, 3.05) is 0 Å². The van der Waals surface area contributed by atoms with E-state index in [1.165, 1.54) is 10.7 Å². The molecule has 0 bridgehead atoms. The number of nitrogens with zero attached hydrogens (tertiary/aromatic N) is 4. The van der Waals surface area contributed by atoms with Crippen molar-refractivity contribution in [3.63, 3.8) is 0 Å². The van der Waals surface area contributed by atoms with E-state index in [1.54, 1.807) is 37.3 Å². The third kappa shape index (κ3) is 4.45. The number of phenolic OH excluding ortho intramolecular Hbond substituents is 1. The zero-order valence-electron chi connectivity index (χ0n) is 17.2. The normalized spacial score (nSPS) is 11.9. The van der Waals surface area contributed by atoms with Crippen LogP contribution < -0.4 is 5.56 Å². The van der Waals surface area contributed by atoms with Gasteiger partial charge in [0.1, 0.15) is 5.69 Å². The number of nitro benzene ring substituents is 1. The molecule has 156 valence electrons. The van der Waals surface area contributed by atoms with Crippen molar-refractivity contribution < 1.29 is 10.0 Å².